The molecule has 0 saturated heterocycles. The van der Waals surface area contributed by atoms with Gasteiger partial charge in [0, 0.05) is 15.6 Å². The Morgan fingerprint density at radius 2 is 1.92 bits per heavy atom. The van der Waals surface area contributed by atoms with Crippen molar-refractivity contribution in [1.82, 2.24) is 14.8 Å². The number of aromatic nitrogens is 3. The van der Waals surface area contributed by atoms with Crippen molar-refractivity contribution >= 4 is 39.3 Å². The third-order valence-corrected chi connectivity index (χ3v) is 7.27. The highest BCUT2D eigenvalue weighted by Gasteiger charge is 2.26. The van der Waals surface area contributed by atoms with Gasteiger partial charge in [0.05, 0.1) is 11.6 Å². The average Bonchev–Trinajstić information content (AvgIpc) is 3.22. The van der Waals surface area contributed by atoms with Crippen molar-refractivity contribution < 1.29 is 14.4 Å². The Morgan fingerprint density at radius 3 is 2.61 bits per heavy atom. The second-order valence-electron chi connectivity index (χ2n) is 7.78. The van der Waals surface area contributed by atoms with Crippen molar-refractivity contribution in [3.05, 3.63) is 103 Å². The molecule has 1 heterocycles. The van der Waals surface area contributed by atoms with Crippen LogP contribution < -0.4 is 9.47 Å². The Bertz CT molecular complexity index is 1370. The summed E-state index contributed by atoms with van der Waals surface area (Å²) in [7, 11) is 1.53. The van der Waals surface area contributed by atoms with Crippen molar-refractivity contribution in [1.29, 1.82) is 0 Å². The first-order valence-corrected chi connectivity index (χ1v) is 12.9. The molecule has 0 N–H and O–H groups in total. The first kappa shape index (κ1) is 26.0. The van der Waals surface area contributed by atoms with Gasteiger partial charge in [-0.1, -0.05) is 53.7 Å². The van der Waals surface area contributed by atoms with Crippen molar-refractivity contribution in [3.8, 4) is 17.2 Å². The minimum absolute atomic E-state index is 0.279. The molecule has 3 aromatic carbocycles. The zero-order valence-electron chi connectivity index (χ0n) is 19.4. The van der Waals surface area contributed by atoms with Crippen molar-refractivity contribution in [3.63, 3.8) is 0 Å². The molecule has 0 aliphatic rings. The highest BCUT2D eigenvalue weighted by molar-refractivity contribution is 9.10. The zero-order valence-corrected chi connectivity index (χ0v) is 22.6. The number of thioether (sulfide) groups is 1. The Kier molecular flexibility index (Phi) is 8.50. The molecule has 4 aromatic rings. The maximum Gasteiger partial charge on any atom is 0.220 e. The van der Waals surface area contributed by atoms with Crippen LogP contribution in [0.15, 0.2) is 76.4 Å². The predicted octanol–water partition coefficient (Wildman–Crippen LogP) is 6.69. The molecule has 0 amide bonds. The van der Waals surface area contributed by atoms with Crippen LogP contribution in [0.25, 0.3) is 5.69 Å². The number of nitrogens with zero attached hydrogens (tertiary/aromatic N) is 4. The largest absolute Gasteiger partial charge is 0.493 e. The normalized spacial score (nSPS) is 11.8. The highest BCUT2D eigenvalue weighted by Crippen LogP contribution is 2.43. The molecule has 0 bridgehead atoms. The van der Waals surface area contributed by atoms with Gasteiger partial charge in [-0.2, -0.15) is 0 Å². The topological polar surface area (TPSA) is 92.3 Å². The van der Waals surface area contributed by atoms with Crippen LogP contribution in [0, 0.1) is 17.0 Å². The summed E-state index contributed by atoms with van der Waals surface area (Å²) in [5, 5.41) is 20.7. The maximum absolute atomic E-state index is 11.6. The van der Waals surface area contributed by atoms with Crippen LogP contribution >= 0.6 is 39.3 Å². The molecule has 1 aromatic heterocycles. The summed E-state index contributed by atoms with van der Waals surface area (Å²) in [6, 6.07) is 20.6. The number of ether oxygens (including phenoxy) is 2. The molecule has 0 unspecified atom stereocenters. The summed E-state index contributed by atoms with van der Waals surface area (Å²) >= 11 is 10.9. The monoisotopic (exact) mass is 588 g/mol. The smallest absolute Gasteiger partial charge is 0.220 e. The molecular formula is C25H22BrClN4O4S. The van der Waals surface area contributed by atoms with Crippen LogP contribution in [0.2, 0.25) is 5.02 Å². The molecule has 1 atom stereocenters. The number of benzene rings is 3. The third-order valence-electron chi connectivity index (χ3n) is 5.27. The molecule has 0 fully saturated rings. The quantitative estimate of drug-likeness (QED) is 0.116. The standard InChI is InChI=1S/C25H22BrClN4O4S/c1-16-28-29-25(31(16)20-9-4-3-5-10-20)36-23(14-30(32)33)18-12-21(26)24(22(13-18)34-2)35-15-17-7-6-8-19(27)11-17/h3-13,23H,14-15H2,1-2H3/t23-/m0/s1. The van der Waals surface area contributed by atoms with E-state index in [0.717, 1.165) is 11.3 Å². The van der Waals surface area contributed by atoms with E-state index in [-0.39, 0.29) is 18.1 Å². The van der Waals surface area contributed by atoms with E-state index < -0.39 is 5.25 Å². The van der Waals surface area contributed by atoms with Crippen LogP contribution in [-0.4, -0.2) is 33.3 Å². The van der Waals surface area contributed by atoms with E-state index in [1.54, 1.807) is 12.1 Å². The molecule has 0 aliphatic heterocycles. The van der Waals surface area contributed by atoms with Gasteiger partial charge in [-0.05, 0) is 70.4 Å². The van der Waals surface area contributed by atoms with Gasteiger partial charge in [-0.3, -0.25) is 14.7 Å². The number of rotatable bonds is 10. The number of hydrogen-bond donors (Lipinski definition) is 0. The summed E-state index contributed by atoms with van der Waals surface area (Å²) in [5.74, 6) is 1.64. The van der Waals surface area contributed by atoms with E-state index in [1.165, 1.54) is 18.9 Å². The summed E-state index contributed by atoms with van der Waals surface area (Å²) in [6.07, 6.45) is 0. The molecule has 0 radical (unpaired) electrons. The lowest BCUT2D eigenvalue weighted by Gasteiger charge is -2.18. The van der Waals surface area contributed by atoms with Gasteiger partial charge in [0.15, 0.2) is 16.7 Å². The fourth-order valence-electron chi connectivity index (χ4n) is 3.61. The molecule has 11 heteroatoms. The third kappa shape index (κ3) is 6.18. The zero-order chi connectivity index (χ0) is 25.7. The SMILES string of the molecule is COc1cc([C@H](C[N+](=O)[O-])Sc2nnc(C)n2-c2ccccc2)cc(Br)c1OCc1cccc(Cl)c1. The number of halogens is 2. The summed E-state index contributed by atoms with van der Waals surface area (Å²) in [4.78, 5) is 11.3. The molecule has 4 rings (SSSR count). The number of hydrogen-bond acceptors (Lipinski definition) is 7. The Labute approximate surface area is 225 Å². The summed E-state index contributed by atoms with van der Waals surface area (Å²) in [6.45, 7) is 1.81. The molecule has 186 valence electrons. The minimum Gasteiger partial charge on any atom is -0.493 e. The van der Waals surface area contributed by atoms with Crippen molar-refractivity contribution in [2.45, 2.75) is 23.9 Å². The Hall–Kier alpha value is -3.08. The second-order valence-corrected chi connectivity index (χ2v) is 10.2. The van der Waals surface area contributed by atoms with Gasteiger partial charge in [0.2, 0.25) is 6.54 Å². The number of methoxy groups -OCH3 is 1. The lowest BCUT2D eigenvalue weighted by molar-refractivity contribution is -0.479. The van der Waals surface area contributed by atoms with Crippen molar-refractivity contribution in [2.24, 2.45) is 0 Å². The molecular weight excluding hydrogens is 568 g/mol. The number of aryl methyl sites for hydroxylation is 1. The second kappa shape index (κ2) is 11.8. The average molecular weight is 590 g/mol. The van der Waals surface area contributed by atoms with Crippen LogP contribution in [0.3, 0.4) is 0 Å². The Morgan fingerprint density at radius 1 is 1.14 bits per heavy atom. The number of nitro groups is 1. The van der Waals surface area contributed by atoms with Gasteiger partial charge >= 0.3 is 0 Å². The molecule has 0 aliphatic carbocycles. The van der Waals surface area contributed by atoms with E-state index in [9.17, 15) is 10.1 Å². The fourth-order valence-corrected chi connectivity index (χ4v) is 5.56. The van der Waals surface area contributed by atoms with Gasteiger partial charge < -0.3 is 9.47 Å². The van der Waals surface area contributed by atoms with Crippen molar-refractivity contribution in [2.75, 3.05) is 13.7 Å². The van der Waals surface area contributed by atoms with Gasteiger partial charge in [0.1, 0.15) is 17.7 Å². The first-order chi connectivity index (χ1) is 17.4. The number of para-hydroxylation sites is 1. The molecule has 36 heavy (non-hydrogen) atoms. The maximum atomic E-state index is 11.6. The summed E-state index contributed by atoms with van der Waals surface area (Å²) in [5.41, 5.74) is 2.47. The lowest BCUT2D eigenvalue weighted by atomic mass is 10.1. The van der Waals surface area contributed by atoms with Gasteiger partial charge in [0.25, 0.3) is 0 Å². The lowest BCUT2D eigenvalue weighted by Crippen LogP contribution is -2.12. The predicted molar refractivity (Wildman–Crippen MR) is 143 cm³/mol. The van der Waals surface area contributed by atoms with E-state index in [4.69, 9.17) is 21.1 Å². The first-order valence-electron chi connectivity index (χ1n) is 10.9. The van der Waals surface area contributed by atoms with E-state index in [2.05, 4.69) is 26.1 Å². The highest BCUT2D eigenvalue weighted by atomic mass is 79.9. The van der Waals surface area contributed by atoms with Crippen LogP contribution in [0.4, 0.5) is 0 Å². The summed E-state index contributed by atoms with van der Waals surface area (Å²) < 4.78 is 14.1. The molecule has 8 nitrogen and oxygen atoms in total. The van der Waals surface area contributed by atoms with E-state index >= 15 is 0 Å². The Balaban J connectivity index is 1.65. The molecule has 0 spiro atoms. The van der Waals surface area contributed by atoms with Gasteiger partial charge in [-0.25, -0.2) is 0 Å². The molecule has 0 saturated carbocycles. The fraction of sp³-hybridized carbons (Fsp3) is 0.200. The van der Waals surface area contributed by atoms with E-state index in [1.807, 2.05) is 66.1 Å². The van der Waals surface area contributed by atoms with E-state index in [0.29, 0.717) is 37.5 Å². The van der Waals surface area contributed by atoms with Gasteiger partial charge in [-0.15, -0.1) is 10.2 Å². The van der Waals surface area contributed by atoms with Crippen LogP contribution in [0.5, 0.6) is 11.5 Å². The van der Waals surface area contributed by atoms with Crippen LogP contribution in [0.1, 0.15) is 22.2 Å². The minimum atomic E-state index is -0.557. The van der Waals surface area contributed by atoms with Crippen LogP contribution in [-0.2, 0) is 6.61 Å².